The minimum Gasteiger partial charge on any atom is -0.242 e. The van der Waals surface area contributed by atoms with Crippen LogP contribution in [0.4, 0.5) is 24.5 Å². The molecule has 0 fully saturated rings. The number of pyridine rings is 1. The van der Waals surface area contributed by atoms with Gasteiger partial charge in [-0.1, -0.05) is 6.07 Å². The number of azo groups is 1. The summed E-state index contributed by atoms with van der Waals surface area (Å²) in [6, 6.07) is 8.40. The summed E-state index contributed by atoms with van der Waals surface area (Å²) < 4.78 is 42.3. The van der Waals surface area contributed by atoms with E-state index in [-0.39, 0.29) is 22.7 Å². The average molecular weight is 498 g/mol. The van der Waals surface area contributed by atoms with Gasteiger partial charge >= 0.3 is 6.18 Å². The Kier molecular flexibility index (Phi) is 5.18. The Hall–Kier alpha value is -3.69. The summed E-state index contributed by atoms with van der Waals surface area (Å²) in [5.41, 5.74) is 1.49. The molecule has 0 aliphatic heterocycles. The summed E-state index contributed by atoms with van der Waals surface area (Å²) in [6.45, 7) is 5.28. The number of aromatic nitrogens is 4. The van der Waals surface area contributed by atoms with E-state index in [0.29, 0.717) is 25.7 Å². The van der Waals surface area contributed by atoms with E-state index in [1.54, 1.807) is 24.4 Å². The number of nitriles is 1. The Morgan fingerprint density at radius 3 is 2.53 bits per heavy atom. The van der Waals surface area contributed by atoms with E-state index in [1.165, 1.54) is 22.7 Å². The van der Waals surface area contributed by atoms with Crippen LogP contribution < -0.4 is 0 Å². The fraction of sp³-hybridized carbons (Fsp3) is 0.182. The normalized spacial score (nSPS) is 12.3. The molecule has 0 aromatic carbocycles. The highest BCUT2D eigenvalue weighted by Crippen LogP contribution is 2.41. The van der Waals surface area contributed by atoms with Gasteiger partial charge in [0, 0.05) is 11.1 Å². The van der Waals surface area contributed by atoms with E-state index in [9.17, 15) is 18.4 Å². The van der Waals surface area contributed by atoms with Crippen LogP contribution in [0.1, 0.15) is 27.5 Å². The predicted molar refractivity (Wildman–Crippen MR) is 124 cm³/mol. The van der Waals surface area contributed by atoms with Gasteiger partial charge in [-0.15, -0.1) is 32.9 Å². The van der Waals surface area contributed by atoms with Crippen LogP contribution in [0.3, 0.4) is 0 Å². The van der Waals surface area contributed by atoms with E-state index < -0.39 is 11.9 Å². The van der Waals surface area contributed by atoms with Crippen molar-refractivity contribution in [3.8, 4) is 16.6 Å². The van der Waals surface area contributed by atoms with Crippen LogP contribution in [-0.4, -0.2) is 19.6 Å². The van der Waals surface area contributed by atoms with Gasteiger partial charge in [0.1, 0.15) is 21.5 Å². The molecule has 0 saturated heterocycles. The molecule has 0 N–H and O–H groups in total. The fourth-order valence-corrected chi connectivity index (χ4v) is 5.39. The Morgan fingerprint density at radius 2 is 1.85 bits per heavy atom. The number of fused-ring (bicyclic) bond motifs is 2. The standard InChI is InChI=1S/C22H14F3N7S2/c1-10-7-11(2)27-21-17(10)19(15(9-26)34-21)30-29-18-12(3)31-32-16(22(23,24)25)8-13(28-20(18)32)14-5-4-6-33-14/h4-8H,1-3H3. The van der Waals surface area contributed by atoms with Crippen molar-refractivity contribution in [3.05, 3.63) is 57.2 Å². The highest BCUT2D eigenvalue weighted by atomic mass is 32.1. The third-order valence-electron chi connectivity index (χ3n) is 5.11. The summed E-state index contributed by atoms with van der Waals surface area (Å²) in [5, 5.41) is 24.6. The molecule has 12 heteroatoms. The molecule has 0 spiro atoms. The first-order valence-electron chi connectivity index (χ1n) is 9.91. The summed E-state index contributed by atoms with van der Waals surface area (Å²) in [5.74, 6) is 0. The molecule has 0 atom stereocenters. The largest absolute Gasteiger partial charge is 0.433 e. The van der Waals surface area contributed by atoms with Crippen molar-refractivity contribution < 1.29 is 13.2 Å². The van der Waals surface area contributed by atoms with Crippen molar-refractivity contribution in [2.75, 3.05) is 0 Å². The molecule has 0 aliphatic rings. The van der Waals surface area contributed by atoms with Crippen LogP contribution in [0.5, 0.6) is 0 Å². The van der Waals surface area contributed by atoms with Crippen molar-refractivity contribution >= 4 is 49.9 Å². The molecule has 7 nitrogen and oxygen atoms in total. The molecule has 5 rings (SSSR count). The van der Waals surface area contributed by atoms with Crippen molar-refractivity contribution in [2.45, 2.75) is 26.9 Å². The first-order valence-corrected chi connectivity index (χ1v) is 11.6. The highest BCUT2D eigenvalue weighted by molar-refractivity contribution is 7.19. The number of hydrogen-bond acceptors (Lipinski definition) is 8. The van der Waals surface area contributed by atoms with Gasteiger partial charge in [-0.05, 0) is 49.9 Å². The molecule has 5 heterocycles. The van der Waals surface area contributed by atoms with Gasteiger partial charge in [0.15, 0.2) is 17.0 Å². The number of aryl methyl sites for hydroxylation is 3. The molecular weight excluding hydrogens is 483 g/mol. The van der Waals surface area contributed by atoms with Gasteiger partial charge < -0.3 is 0 Å². The summed E-state index contributed by atoms with van der Waals surface area (Å²) >= 11 is 2.48. The third-order valence-corrected chi connectivity index (χ3v) is 6.98. The zero-order valence-electron chi connectivity index (χ0n) is 18.0. The van der Waals surface area contributed by atoms with Gasteiger partial charge in [0.2, 0.25) is 0 Å². The smallest absolute Gasteiger partial charge is 0.242 e. The number of thiophene rings is 2. The average Bonchev–Trinajstić information content (AvgIpc) is 3.48. The van der Waals surface area contributed by atoms with E-state index >= 15 is 0 Å². The van der Waals surface area contributed by atoms with Gasteiger partial charge in [-0.2, -0.15) is 23.5 Å². The van der Waals surface area contributed by atoms with Crippen molar-refractivity contribution in [1.29, 1.82) is 5.26 Å². The lowest BCUT2D eigenvalue weighted by Gasteiger charge is -2.10. The molecule has 0 bridgehead atoms. The third kappa shape index (κ3) is 3.63. The maximum atomic E-state index is 13.9. The maximum absolute atomic E-state index is 13.9. The lowest BCUT2D eigenvalue weighted by atomic mass is 10.1. The first-order chi connectivity index (χ1) is 16.2. The van der Waals surface area contributed by atoms with Crippen LogP contribution >= 0.6 is 22.7 Å². The van der Waals surface area contributed by atoms with E-state index in [1.807, 2.05) is 19.9 Å². The van der Waals surface area contributed by atoms with Gasteiger partial charge in [0.25, 0.3) is 0 Å². The molecular formula is C22H14F3N7S2. The van der Waals surface area contributed by atoms with E-state index in [2.05, 4.69) is 31.4 Å². The number of nitrogens with zero attached hydrogens (tertiary/aromatic N) is 7. The molecule has 5 aromatic rings. The Morgan fingerprint density at radius 1 is 1.09 bits per heavy atom. The second-order valence-electron chi connectivity index (χ2n) is 7.52. The first kappa shape index (κ1) is 22.1. The van der Waals surface area contributed by atoms with Gasteiger partial charge in [-0.3, -0.25) is 0 Å². The fourth-order valence-electron chi connectivity index (χ4n) is 3.68. The summed E-state index contributed by atoms with van der Waals surface area (Å²) in [6.07, 6.45) is -4.65. The molecule has 0 unspecified atom stereocenters. The van der Waals surface area contributed by atoms with Crippen LogP contribution in [0.25, 0.3) is 26.4 Å². The number of hydrogen-bond donors (Lipinski definition) is 0. The zero-order chi connectivity index (χ0) is 24.2. The minimum absolute atomic E-state index is 0.0665. The second-order valence-corrected chi connectivity index (χ2v) is 9.47. The Bertz CT molecular complexity index is 1640. The Labute approximate surface area is 198 Å². The monoisotopic (exact) mass is 497 g/mol. The summed E-state index contributed by atoms with van der Waals surface area (Å²) in [7, 11) is 0. The Balaban J connectivity index is 1.74. The van der Waals surface area contributed by atoms with Crippen molar-refractivity contribution in [1.82, 2.24) is 19.6 Å². The SMILES string of the molecule is Cc1cc(C)c2c(N=Nc3c(C)nn4c(C(F)(F)F)cc(-c5cccs5)nc34)c(C#N)sc2n1. The molecule has 0 saturated carbocycles. The topological polar surface area (TPSA) is 91.6 Å². The lowest BCUT2D eigenvalue weighted by molar-refractivity contribution is -0.142. The molecule has 0 aliphatic carbocycles. The highest BCUT2D eigenvalue weighted by Gasteiger charge is 2.36. The molecule has 34 heavy (non-hydrogen) atoms. The maximum Gasteiger partial charge on any atom is 0.433 e. The number of rotatable bonds is 3. The van der Waals surface area contributed by atoms with Crippen molar-refractivity contribution in [3.63, 3.8) is 0 Å². The second kappa shape index (κ2) is 7.96. The minimum atomic E-state index is -4.65. The molecule has 170 valence electrons. The quantitative estimate of drug-likeness (QED) is 0.245. The molecule has 0 radical (unpaired) electrons. The van der Waals surface area contributed by atoms with E-state index in [4.69, 9.17) is 0 Å². The predicted octanol–water partition coefficient (Wildman–Crippen LogP) is 7.30. The van der Waals surface area contributed by atoms with Crippen LogP contribution in [0, 0.1) is 32.1 Å². The van der Waals surface area contributed by atoms with Crippen molar-refractivity contribution in [2.24, 2.45) is 10.2 Å². The van der Waals surface area contributed by atoms with E-state index in [0.717, 1.165) is 21.8 Å². The lowest BCUT2D eigenvalue weighted by Crippen LogP contribution is -2.13. The van der Waals surface area contributed by atoms with Crippen LogP contribution in [0.15, 0.2) is 39.9 Å². The van der Waals surface area contributed by atoms with Crippen LogP contribution in [0.2, 0.25) is 0 Å². The van der Waals surface area contributed by atoms with Crippen LogP contribution in [-0.2, 0) is 6.18 Å². The number of alkyl halides is 3. The zero-order valence-corrected chi connectivity index (χ0v) is 19.6. The molecule has 0 amide bonds. The summed E-state index contributed by atoms with van der Waals surface area (Å²) in [4.78, 5) is 10.5. The van der Waals surface area contributed by atoms with Gasteiger partial charge in [-0.25, -0.2) is 14.5 Å². The van der Waals surface area contributed by atoms with Gasteiger partial charge in [0.05, 0.1) is 16.3 Å². The molecule has 5 aromatic heterocycles. The number of halogens is 3.